The second-order valence-electron chi connectivity index (χ2n) is 5.08. The van der Waals surface area contributed by atoms with Gasteiger partial charge in [-0.15, -0.1) is 0 Å². The molecule has 20 heavy (non-hydrogen) atoms. The van der Waals surface area contributed by atoms with Crippen molar-refractivity contribution in [1.82, 2.24) is 9.88 Å². The molecule has 0 radical (unpaired) electrons. The van der Waals surface area contributed by atoms with Crippen LogP contribution in [0, 0.1) is 5.82 Å². The van der Waals surface area contributed by atoms with Crippen molar-refractivity contribution in [3.63, 3.8) is 0 Å². The molecular weight excluding hydrogens is 265 g/mol. The molecule has 1 fully saturated rings. The molecule has 1 amide bonds. The number of carbonyl (C=O) groups excluding carboxylic acids is 1. The Kier molecular flexibility index (Phi) is 2.95. The number of hydrogen-bond donors (Lipinski definition) is 2. The van der Waals surface area contributed by atoms with Crippen LogP contribution in [0.5, 0.6) is 0 Å². The molecule has 0 bridgehead atoms. The van der Waals surface area contributed by atoms with Gasteiger partial charge in [-0.2, -0.15) is 0 Å². The molecule has 106 valence electrons. The average molecular weight is 279 g/mol. The molecule has 3 rings (SSSR count). The van der Waals surface area contributed by atoms with Gasteiger partial charge in [-0.3, -0.25) is 9.69 Å². The maximum atomic E-state index is 13.1. The summed E-state index contributed by atoms with van der Waals surface area (Å²) in [4.78, 5) is 17.2. The number of fused-ring (bicyclic) bond motifs is 1. The molecule has 2 aromatic rings. The standard InChI is InChI=1S/C13H14FN3O3/c14-8-1-2-9-10(5-8)20-11(16-9)6-17-4-3-13(19,7-17)12(15)18/h1-2,5,19H,3-4,6-7H2,(H2,15,18). The van der Waals surface area contributed by atoms with Crippen LogP contribution < -0.4 is 5.73 Å². The summed E-state index contributed by atoms with van der Waals surface area (Å²) in [7, 11) is 0. The number of hydrogen-bond acceptors (Lipinski definition) is 5. The van der Waals surface area contributed by atoms with E-state index < -0.39 is 11.5 Å². The lowest BCUT2D eigenvalue weighted by atomic mass is 10.0. The molecule has 3 N–H and O–H groups in total. The molecule has 1 aliphatic rings. The van der Waals surface area contributed by atoms with Crippen LogP contribution in [-0.2, 0) is 11.3 Å². The highest BCUT2D eigenvalue weighted by Crippen LogP contribution is 2.24. The normalized spacial score (nSPS) is 23.5. The molecule has 1 atom stereocenters. The van der Waals surface area contributed by atoms with Crippen LogP contribution in [0.1, 0.15) is 12.3 Å². The van der Waals surface area contributed by atoms with Crippen molar-refractivity contribution >= 4 is 17.0 Å². The van der Waals surface area contributed by atoms with Crippen molar-refractivity contribution in [3.05, 3.63) is 29.9 Å². The Hall–Kier alpha value is -1.99. The molecule has 2 heterocycles. The Morgan fingerprint density at radius 1 is 1.60 bits per heavy atom. The summed E-state index contributed by atoms with van der Waals surface area (Å²) in [6.07, 6.45) is 0.289. The van der Waals surface area contributed by atoms with Gasteiger partial charge in [0.1, 0.15) is 11.3 Å². The van der Waals surface area contributed by atoms with Gasteiger partial charge in [-0.25, -0.2) is 9.37 Å². The number of carbonyl (C=O) groups is 1. The van der Waals surface area contributed by atoms with E-state index in [1.807, 2.05) is 4.90 Å². The lowest BCUT2D eigenvalue weighted by Gasteiger charge is -2.18. The maximum absolute atomic E-state index is 13.1. The molecule has 1 aromatic heterocycles. The van der Waals surface area contributed by atoms with Gasteiger partial charge in [0, 0.05) is 19.2 Å². The zero-order chi connectivity index (χ0) is 14.3. The second-order valence-corrected chi connectivity index (χ2v) is 5.08. The van der Waals surface area contributed by atoms with Gasteiger partial charge in [0.2, 0.25) is 5.89 Å². The van der Waals surface area contributed by atoms with Crippen molar-refractivity contribution in [1.29, 1.82) is 0 Å². The zero-order valence-electron chi connectivity index (χ0n) is 10.7. The lowest BCUT2D eigenvalue weighted by molar-refractivity contribution is -0.135. The van der Waals surface area contributed by atoms with Crippen LogP contribution >= 0.6 is 0 Å². The minimum absolute atomic E-state index is 0.148. The number of β-amino-alcohol motifs (C(OH)–C–C–N with tert-alkyl or cyclic N) is 1. The number of primary amides is 1. The summed E-state index contributed by atoms with van der Waals surface area (Å²) in [5.74, 6) is -0.691. The van der Waals surface area contributed by atoms with E-state index in [1.165, 1.54) is 12.1 Å². The van der Waals surface area contributed by atoms with Crippen molar-refractivity contribution in [2.75, 3.05) is 13.1 Å². The fourth-order valence-electron chi connectivity index (χ4n) is 2.41. The third-order valence-corrected chi connectivity index (χ3v) is 3.54. The first-order valence-corrected chi connectivity index (χ1v) is 6.26. The fraction of sp³-hybridized carbons (Fsp3) is 0.385. The van der Waals surface area contributed by atoms with Crippen LogP contribution in [0.15, 0.2) is 22.6 Å². The maximum Gasteiger partial charge on any atom is 0.250 e. The molecule has 6 nitrogen and oxygen atoms in total. The van der Waals surface area contributed by atoms with E-state index in [1.54, 1.807) is 6.07 Å². The highest BCUT2D eigenvalue weighted by molar-refractivity contribution is 5.83. The first kappa shape index (κ1) is 13.0. The van der Waals surface area contributed by atoms with E-state index in [2.05, 4.69) is 4.98 Å². The molecule has 1 unspecified atom stereocenters. The number of nitrogens with two attached hydrogens (primary N) is 1. The summed E-state index contributed by atoms with van der Waals surface area (Å²) in [5.41, 5.74) is 4.64. The van der Waals surface area contributed by atoms with E-state index in [0.717, 1.165) is 0 Å². The zero-order valence-corrected chi connectivity index (χ0v) is 10.7. The third kappa shape index (κ3) is 2.25. The van der Waals surface area contributed by atoms with E-state index in [0.29, 0.717) is 30.1 Å². The summed E-state index contributed by atoms with van der Waals surface area (Å²) in [5, 5.41) is 9.98. The highest BCUT2D eigenvalue weighted by Gasteiger charge is 2.41. The predicted octanol–water partition coefficient (Wildman–Crippen LogP) is 0.389. The topological polar surface area (TPSA) is 92.6 Å². The van der Waals surface area contributed by atoms with Gasteiger partial charge in [-0.05, 0) is 18.6 Å². The van der Waals surface area contributed by atoms with Crippen molar-refractivity contribution in [2.24, 2.45) is 5.73 Å². The number of aromatic nitrogens is 1. The Labute approximate surface area is 114 Å². The van der Waals surface area contributed by atoms with Crippen molar-refractivity contribution in [2.45, 2.75) is 18.6 Å². The highest BCUT2D eigenvalue weighted by atomic mass is 19.1. The molecule has 0 saturated carbocycles. The van der Waals surface area contributed by atoms with E-state index in [-0.39, 0.29) is 18.8 Å². The van der Waals surface area contributed by atoms with Crippen LogP contribution in [0.2, 0.25) is 0 Å². The van der Waals surface area contributed by atoms with Gasteiger partial charge in [0.15, 0.2) is 11.2 Å². The fourth-order valence-corrected chi connectivity index (χ4v) is 2.41. The number of rotatable bonds is 3. The Bertz CT molecular complexity index is 672. The molecule has 0 aliphatic carbocycles. The van der Waals surface area contributed by atoms with Crippen LogP contribution in [0.25, 0.3) is 11.1 Å². The monoisotopic (exact) mass is 279 g/mol. The van der Waals surface area contributed by atoms with Crippen molar-refractivity contribution in [3.8, 4) is 0 Å². The van der Waals surface area contributed by atoms with Crippen molar-refractivity contribution < 1.29 is 18.7 Å². The number of nitrogens with zero attached hydrogens (tertiary/aromatic N) is 2. The molecular formula is C13H14FN3O3. The third-order valence-electron chi connectivity index (χ3n) is 3.54. The van der Waals surface area contributed by atoms with Crippen LogP contribution in [0.3, 0.4) is 0 Å². The Morgan fingerprint density at radius 2 is 2.40 bits per heavy atom. The Balaban J connectivity index is 1.76. The van der Waals surface area contributed by atoms with E-state index in [9.17, 15) is 14.3 Å². The summed E-state index contributed by atoms with van der Waals surface area (Å²) in [6, 6.07) is 4.13. The summed E-state index contributed by atoms with van der Waals surface area (Å²) >= 11 is 0. The van der Waals surface area contributed by atoms with Gasteiger partial charge in [-0.1, -0.05) is 0 Å². The van der Waals surface area contributed by atoms with E-state index >= 15 is 0 Å². The average Bonchev–Trinajstić information content (AvgIpc) is 2.93. The number of benzene rings is 1. The second kappa shape index (κ2) is 4.53. The first-order chi connectivity index (χ1) is 9.46. The minimum atomic E-state index is -1.49. The lowest BCUT2D eigenvalue weighted by Crippen LogP contribution is -2.45. The molecule has 7 heteroatoms. The number of amides is 1. The van der Waals surface area contributed by atoms with Gasteiger partial charge >= 0.3 is 0 Å². The quantitative estimate of drug-likeness (QED) is 0.847. The van der Waals surface area contributed by atoms with Gasteiger partial charge in [0.25, 0.3) is 5.91 Å². The summed E-state index contributed by atoms with van der Waals surface area (Å²) < 4.78 is 18.5. The molecule has 0 spiro atoms. The van der Waals surface area contributed by atoms with Gasteiger partial charge in [0.05, 0.1) is 6.54 Å². The first-order valence-electron chi connectivity index (χ1n) is 6.26. The van der Waals surface area contributed by atoms with Crippen LogP contribution in [0.4, 0.5) is 4.39 Å². The largest absolute Gasteiger partial charge is 0.439 e. The predicted molar refractivity (Wildman–Crippen MR) is 68.0 cm³/mol. The minimum Gasteiger partial charge on any atom is -0.439 e. The molecule has 1 aromatic carbocycles. The number of likely N-dealkylation sites (tertiary alicyclic amines) is 1. The molecule has 1 aliphatic heterocycles. The molecule has 1 saturated heterocycles. The number of aliphatic hydroxyl groups is 1. The van der Waals surface area contributed by atoms with Gasteiger partial charge < -0.3 is 15.3 Å². The summed E-state index contributed by atoms with van der Waals surface area (Å²) in [6.45, 7) is 1.01. The van der Waals surface area contributed by atoms with E-state index in [4.69, 9.17) is 10.2 Å². The Morgan fingerprint density at radius 3 is 3.10 bits per heavy atom. The smallest absolute Gasteiger partial charge is 0.250 e. The van der Waals surface area contributed by atoms with Crippen LogP contribution in [-0.4, -0.2) is 39.6 Å². The number of oxazole rings is 1. The SMILES string of the molecule is NC(=O)C1(O)CCN(Cc2nc3ccc(F)cc3o2)C1. The number of halogens is 1.